The molecule has 1 N–H and O–H groups in total. The Morgan fingerprint density at radius 2 is 2.41 bits per heavy atom. The molecule has 2 heterocycles. The van der Waals surface area contributed by atoms with E-state index >= 15 is 0 Å². The smallest absolute Gasteiger partial charge is 0.202 e. The minimum atomic E-state index is 0.0274. The molecule has 96 valence electrons. The standard InChI is InChI=1S/C11H20N4OS/c1-8(2)6-12-11-13-10(14-17-11)9-7-15(3)4-5-16-9/h8-9H,4-7H2,1-3H3,(H,12,13,14). The number of nitrogens with zero attached hydrogens (tertiary/aromatic N) is 3. The Morgan fingerprint density at radius 1 is 1.59 bits per heavy atom. The summed E-state index contributed by atoms with van der Waals surface area (Å²) in [4.78, 5) is 6.73. The fraction of sp³-hybridized carbons (Fsp3) is 0.818. The molecule has 1 aromatic heterocycles. The zero-order valence-corrected chi connectivity index (χ0v) is 11.5. The van der Waals surface area contributed by atoms with Gasteiger partial charge in [-0.3, -0.25) is 0 Å². The van der Waals surface area contributed by atoms with Gasteiger partial charge >= 0.3 is 0 Å². The Balaban J connectivity index is 1.92. The van der Waals surface area contributed by atoms with Crippen molar-refractivity contribution in [2.75, 3.05) is 38.6 Å². The molecule has 1 unspecified atom stereocenters. The molecule has 0 radical (unpaired) electrons. The van der Waals surface area contributed by atoms with Gasteiger partial charge in [0.25, 0.3) is 0 Å². The largest absolute Gasteiger partial charge is 0.367 e. The Bertz CT molecular complexity index is 355. The van der Waals surface area contributed by atoms with Crippen molar-refractivity contribution in [3.8, 4) is 0 Å². The van der Waals surface area contributed by atoms with Crippen molar-refractivity contribution >= 4 is 16.7 Å². The van der Waals surface area contributed by atoms with Crippen molar-refractivity contribution in [2.24, 2.45) is 5.92 Å². The fourth-order valence-corrected chi connectivity index (χ4v) is 2.28. The van der Waals surface area contributed by atoms with Crippen LogP contribution in [0, 0.1) is 5.92 Å². The van der Waals surface area contributed by atoms with E-state index in [-0.39, 0.29) is 6.10 Å². The highest BCUT2D eigenvalue weighted by Gasteiger charge is 2.23. The van der Waals surface area contributed by atoms with E-state index in [0.717, 1.165) is 37.2 Å². The zero-order chi connectivity index (χ0) is 12.3. The SMILES string of the molecule is CC(C)CNc1nc(C2CN(C)CCO2)ns1. The molecular weight excluding hydrogens is 236 g/mol. The van der Waals surface area contributed by atoms with Gasteiger partial charge in [-0.15, -0.1) is 0 Å². The van der Waals surface area contributed by atoms with Crippen LogP contribution in [0.25, 0.3) is 0 Å². The Labute approximate surface area is 106 Å². The van der Waals surface area contributed by atoms with Gasteiger partial charge in [0, 0.05) is 31.2 Å². The maximum atomic E-state index is 5.69. The zero-order valence-electron chi connectivity index (χ0n) is 10.6. The molecule has 5 nitrogen and oxygen atoms in total. The third-order valence-corrected chi connectivity index (χ3v) is 3.35. The number of nitrogens with one attached hydrogen (secondary N) is 1. The first-order chi connectivity index (χ1) is 8.15. The number of aromatic nitrogens is 2. The number of morpholine rings is 1. The summed E-state index contributed by atoms with van der Waals surface area (Å²) in [5.41, 5.74) is 0. The van der Waals surface area contributed by atoms with Crippen molar-refractivity contribution in [1.29, 1.82) is 0 Å². The van der Waals surface area contributed by atoms with E-state index in [4.69, 9.17) is 4.74 Å². The second-order valence-electron chi connectivity index (χ2n) is 4.85. The van der Waals surface area contributed by atoms with E-state index in [0.29, 0.717) is 5.92 Å². The number of rotatable bonds is 4. The van der Waals surface area contributed by atoms with Gasteiger partial charge in [-0.2, -0.15) is 4.37 Å². The average molecular weight is 256 g/mol. The molecule has 0 saturated carbocycles. The summed E-state index contributed by atoms with van der Waals surface area (Å²) >= 11 is 1.42. The predicted octanol–water partition coefficient (Wildman–Crippen LogP) is 1.61. The molecule has 1 aromatic rings. The van der Waals surface area contributed by atoms with Crippen molar-refractivity contribution in [3.63, 3.8) is 0 Å². The molecular formula is C11H20N4OS. The lowest BCUT2D eigenvalue weighted by molar-refractivity contribution is -0.0248. The number of hydrogen-bond donors (Lipinski definition) is 1. The minimum Gasteiger partial charge on any atom is -0.367 e. The maximum Gasteiger partial charge on any atom is 0.202 e. The maximum absolute atomic E-state index is 5.69. The lowest BCUT2D eigenvalue weighted by atomic mass is 10.2. The van der Waals surface area contributed by atoms with Crippen molar-refractivity contribution in [2.45, 2.75) is 20.0 Å². The highest BCUT2D eigenvalue weighted by molar-refractivity contribution is 7.09. The molecule has 1 atom stereocenters. The molecule has 1 aliphatic heterocycles. The third-order valence-electron chi connectivity index (χ3n) is 2.66. The van der Waals surface area contributed by atoms with E-state index in [1.54, 1.807) is 0 Å². The van der Waals surface area contributed by atoms with Gasteiger partial charge in [0.05, 0.1) is 6.61 Å². The van der Waals surface area contributed by atoms with Gasteiger partial charge < -0.3 is 15.0 Å². The van der Waals surface area contributed by atoms with Crippen LogP contribution >= 0.6 is 11.5 Å². The summed E-state index contributed by atoms with van der Waals surface area (Å²) in [7, 11) is 2.10. The first kappa shape index (κ1) is 12.7. The van der Waals surface area contributed by atoms with E-state index in [1.807, 2.05) is 0 Å². The van der Waals surface area contributed by atoms with Crippen LogP contribution in [-0.4, -0.2) is 47.5 Å². The number of ether oxygens (including phenoxy) is 1. The quantitative estimate of drug-likeness (QED) is 0.887. The first-order valence-corrected chi connectivity index (χ1v) is 6.80. The van der Waals surface area contributed by atoms with Gasteiger partial charge in [0.2, 0.25) is 5.13 Å². The molecule has 17 heavy (non-hydrogen) atoms. The monoisotopic (exact) mass is 256 g/mol. The summed E-state index contributed by atoms with van der Waals surface area (Å²) in [6.07, 6.45) is 0.0274. The summed E-state index contributed by atoms with van der Waals surface area (Å²) in [6, 6.07) is 0. The second-order valence-corrected chi connectivity index (χ2v) is 5.61. The predicted molar refractivity (Wildman–Crippen MR) is 69.4 cm³/mol. The van der Waals surface area contributed by atoms with Crippen LogP contribution in [0.3, 0.4) is 0 Å². The fourth-order valence-electron chi connectivity index (χ4n) is 1.66. The van der Waals surface area contributed by atoms with E-state index in [2.05, 4.69) is 40.5 Å². The molecule has 0 spiro atoms. The lowest BCUT2D eigenvalue weighted by Crippen LogP contribution is -2.35. The third kappa shape index (κ3) is 3.62. The van der Waals surface area contributed by atoms with E-state index < -0.39 is 0 Å². The van der Waals surface area contributed by atoms with Gasteiger partial charge in [0.1, 0.15) is 6.10 Å². The molecule has 1 fully saturated rings. The van der Waals surface area contributed by atoms with Gasteiger partial charge in [0.15, 0.2) is 5.82 Å². The number of anilines is 1. The molecule has 0 aliphatic carbocycles. The first-order valence-electron chi connectivity index (χ1n) is 6.02. The Kier molecular flexibility index (Phi) is 4.31. The van der Waals surface area contributed by atoms with Crippen LogP contribution < -0.4 is 5.32 Å². The summed E-state index contributed by atoms with van der Waals surface area (Å²) in [5, 5.41) is 4.18. The lowest BCUT2D eigenvalue weighted by Gasteiger charge is -2.28. The molecule has 0 bridgehead atoms. The molecule has 1 saturated heterocycles. The van der Waals surface area contributed by atoms with Crippen molar-refractivity contribution < 1.29 is 4.74 Å². The van der Waals surface area contributed by atoms with Crippen LogP contribution in [0.4, 0.5) is 5.13 Å². The number of hydrogen-bond acceptors (Lipinski definition) is 6. The Hall–Kier alpha value is -0.720. The molecule has 1 aliphatic rings. The molecule has 6 heteroatoms. The highest BCUT2D eigenvalue weighted by atomic mass is 32.1. The second kappa shape index (κ2) is 5.75. The van der Waals surface area contributed by atoms with Crippen molar-refractivity contribution in [1.82, 2.24) is 14.3 Å². The van der Waals surface area contributed by atoms with Crippen LogP contribution in [-0.2, 0) is 4.74 Å². The van der Waals surface area contributed by atoms with Crippen LogP contribution in [0.2, 0.25) is 0 Å². The van der Waals surface area contributed by atoms with Gasteiger partial charge in [-0.1, -0.05) is 13.8 Å². The highest BCUT2D eigenvalue weighted by Crippen LogP contribution is 2.22. The molecule has 0 amide bonds. The van der Waals surface area contributed by atoms with Crippen LogP contribution in [0.15, 0.2) is 0 Å². The van der Waals surface area contributed by atoms with Gasteiger partial charge in [-0.05, 0) is 13.0 Å². The van der Waals surface area contributed by atoms with Crippen LogP contribution in [0.1, 0.15) is 25.8 Å². The van der Waals surface area contributed by atoms with E-state index in [1.165, 1.54) is 11.5 Å². The summed E-state index contributed by atoms with van der Waals surface area (Å²) in [6.45, 7) is 7.90. The number of likely N-dealkylation sites (N-methyl/N-ethyl adjacent to an activating group) is 1. The summed E-state index contributed by atoms with van der Waals surface area (Å²) < 4.78 is 10.1. The van der Waals surface area contributed by atoms with Crippen molar-refractivity contribution in [3.05, 3.63) is 5.82 Å². The molecule has 2 rings (SSSR count). The van der Waals surface area contributed by atoms with Gasteiger partial charge in [-0.25, -0.2) is 4.98 Å². The van der Waals surface area contributed by atoms with Crippen LogP contribution in [0.5, 0.6) is 0 Å². The minimum absolute atomic E-state index is 0.0274. The van der Waals surface area contributed by atoms with E-state index in [9.17, 15) is 0 Å². The topological polar surface area (TPSA) is 50.3 Å². The summed E-state index contributed by atoms with van der Waals surface area (Å²) in [5.74, 6) is 1.42. The Morgan fingerprint density at radius 3 is 3.12 bits per heavy atom. The molecule has 0 aromatic carbocycles. The normalized spacial score (nSPS) is 22.0. The average Bonchev–Trinajstić information content (AvgIpc) is 2.75.